The van der Waals surface area contributed by atoms with E-state index in [0.717, 1.165) is 0 Å². The van der Waals surface area contributed by atoms with Gasteiger partial charge in [-0.05, 0) is 13.8 Å². The third kappa shape index (κ3) is 4.49. The van der Waals surface area contributed by atoms with Crippen molar-refractivity contribution < 1.29 is 19.6 Å². The summed E-state index contributed by atoms with van der Waals surface area (Å²) < 4.78 is 0. The van der Waals surface area contributed by atoms with Crippen LogP contribution in [-0.2, 0) is 16.1 Å². The highest BCUT2D eigenvalue weighted by Gasteiger charge is 2.21. The molecule has 0 saturated carbocycles. The standard InChI is InChI=1S/C12H16N4O5/c1-7-3-14-9(8(2)12(7)16(20)21)4-15(5-10(13)17)6-11(18)19/h3H,4-6H2,1-2H3,(H2,13,17)(H,18,19). The van der Waals surface area contributed by atoms with Gasteiger partial charge >= 0.3 is 5.97 Å². The summed E-state index contributed by atoms with van der Waals surface area (Å²) in [6.45, 7) is 2.42. The zero-order valence-electron chi connectivity index (χ0n) is 11.7. The first-order valence-electron chi connectivity index (χ1n) is 6.04. The number of carboxylic acid groups (broad SMARTS) is 1. The van der Waals surface area contributed by atoms with Crippen molar-refractivity contribution >= 4 is 17.6 Å². The smallest absolute Gasteiger partial charge is 0.317 e. The van der Waals surface area contributed by atoms with Crippen LogP contribution in [0.25, 0.3) is 0 Å². The fraction of sp³-hybridized carbons (Fsp3) is 0.417. The van der Waals surface area contributed by atoms with Crippen molar-refractivity contribution in [3.05, 3.63) is 33.1 Å². The lowest BCUT2D eigenvalue weighted by molar-refractivity contribution is -0.386. The van der Waals surface area contributed by atoms with E-state index in [1.54, 1.807) is 6.92 Å². The number of amides is 1. The Labute approximate surface area is 120 Å². The van der Waals surface area contributed by atoms with Crippen LogP contribution in [0.2, 0.25) is 0 Å². The summed E-state index contributed by atoms with van der Waals surface area (Å²) >= 11 is 0. The van der Waals surface area contributed by atoms with E-state index >= 15 is 0 Å². The number of carbonyl (C=O) groups is 2. The molecule has 0 aliphatic carbocycles. The zero-order chi connectivity index (χ0) is 16.2. The number of aromatic nitrogens is 1. The Bertz CT molecular complexity index is 571. The lowest BCUT2D eigenvalue weighted by Crippen LogP contribution is -2.37. The molecule has 1 rings (SSSR count). The fourth-order valence-corrected chi connectivity index (χ4v) is 2.00. The number of nitro groups is 1. The number of pyridine rings is 1. The topological polar surface area (TPSA) is 140 Å². The summed E-state index contributed by atoms with van der Waals surface area (Å²) in [6.07, 6.45) is 1.35. The van der Waals surface area contributed by atoms with E-state index < -0.39 is 23.3 Å². The summed E-state index contributed by atoms with van der Waals surface area (Å²) in [5, 5.41) is 19.8. The van der Waals surface area contributed by atoms with Crippen LogP contribution in [0.15, 0.2) is 6.20 Å². The van der Waals surface area contributed by atoms with E-state index in [4.69, 9.17) is 10.8 Å². The SMILES string of the molecule is Cc1cnc(CN(CC(N)=O)CC(=O)O)c(C)c1[N+](=O)[O-]. The maximum Gasteiger partial charge on any atom is 0.317 e. The average molecular weight is 296 g/mol. The number of nitrogens with two attached hydrogens (primary N) is 1. The van der Waals surface area contributed by atoms with Gasteiger partial charge in [-0.15, -0.1) is 0 Å². The summed E-state index contributed by atoms with van der Waals surface area (Å²) in [4.78, 5) is 37.6. The number of primary amides is 1. The molecule has 9 nitrogen and oxygen atoms in total. The molecule has 1 heterocycles. The molecule has 0 radical (unpaired) electrons. The van der Waals surface area contributed by atoms with E-state index in [1.165, 1.54) is 18.0 Å². The minimum atomic E-state index is -1.13. The highest BCUT2D eigenvalue weighted by molar-refractivity contribution is 5.77. The van der Waals surface area contributed by atoms with Gasteiger partial charge < -0.3 is 10.8 Å². The second kappa shape index (κ2) is 6.75. The fourth-order valence-electron chi connectivity index (χ4n) is 2.00. The normalized spacial score (nSPS) is 10.6. The van der Waals surface area contributed by atoms with Crippen LogP contribution in [0.3, 0.4) is 0 Å². The van der Waals surface area contributed by atoms with Crippen molar-refractivity contribution in [2.24, 2.45) is 5.73 Å². The highest BCUT2D eigenvalue weighted by Crippen LogP contribution is 2.24. The van der Waals surface area contributed by atoms with Crippen LogP contribution in [0, 0.1) is 24.0 Å². The Kier molecular flexibility index (Phi) is 5.30. The molecular formula is C12H16N4O5. The predicted molar refractivity (Wildman–Crippen MR) is 72.5 cm³/mol. The lowest BCUT2D eigenvalue weighted by Gasteiger charge is -2.19. The van der Waals surface area contributed by atoms with Crippen molar-refractivity contribution in [2.45, 2.75) is 20.4 Å². The van der Waals surface area contributed by atoms with Gasteiger partial charge in [0, 0.05) is 23.9 Å². The molecule has 0 aromatic carbocycles. The molecule has 9 heteroatoms. The van der Waals surface area contributed by atoms with Crippen LogP contribution < -0.4 is 5.73 Å². The van der Waals surface area contributed by atoms with E-state index in [0.29, 0.717) is 16.8 Å². The first-order chi connectivity index (χ1) is 9.72. The molecule has 0 aliphatic rings. The summed E-state index contributed by atoms with van der Waals surface area (Å²) in [6, 6.07) is 0. The quantitative estimate of drug-likeness (QED) is 0.532. The van der Waals surface area contributed by atoms with Gasteiger partial charge in [0.15, 0.2) is 0 Å². The Morgan fingerprint density at radius 3 is 2.52 bits per heavy atom. The maximum absolute atomic E-state index is 11.0. The number of aliphatic carboxylic acids is 1. The van der Waals surface area contributed by atoms with Crippen molar-refractivity contribution in [2.75, 3.05) is 13.1 Å². The molecule has 1 aromatic heterocycles. The van der Waals surface area contributed by atoms with Crippen LogP contribution in [0.1, 0.15) is 16.8 Å². The maximum atomic E-state index is 11.0. The molecule has 1 amide bonds. The molecule has 3 N–H and O–H groups in total. The van der Waals surface area contributed by atoms with Crippen molar-refractivity contribution in [3.8, 4) is 0 Å². The van der Waals surface area contributed by atoms with Crippen LogP contribution in [0.4, 0.5) is 5.69 Å². The number of hydrogen-bond donors (Lipinski definition) is 2. The van der Waals surface area contributed by atoms with Crippen molar-refractivity contribution in [1.29, 1.82) is 0 Å². The molecule has 0 bridgehead atoms. The Hall–Kier alpha value is -2.55. The number of carbonyl (C=O) groups excluding carboxylic acids is 1. The predicted octanol–water partition coefficient (Wildman–Crippen LogP) is -0.0215. The third-order valence-electron chi connectivity index (χ3n) is 2.87. The van der Waals surface area contributed by atoms with Crippen molar-refractivity contribution in [1.82, 2.24) is 9.88 Å². The second-order valence-corrected chi connectivity index (χ2v) is 4.62. The highest BCUT2D eigenvalue weighted by atomic mass is 16.6. The zero-order valence-corrected chi connectivity index (χ0v) is 11.7. The van der Waals surface area contributed by atoms with Crippen LogP contribution >= 0.6 is 0 Å². The molecule has 0 atom stereocenters. The monoisotopic (exact) mass is 296 g/mol. The van der Waals surface area contributed by atoms with Crippen LogP contribution in [-0.4, -0.2) is 44.9 Å². The van der Waals surface area contributed by atoms with E-state index in [1.807, 2.05) is 0 Å². The number of rotatable bonds is 7. The Morgan fingerprint density at radius 1 is 1.43 bits per heavy atom. The molecular weight excluding hydrogens is 280 g/mol. The molecule has 21 heavy (non-hydrogen) atoms. The van der Waals surface area contributed by atoms with E-state index in [9.17, 15) is 19.7 Å². The van der Waals surface area contributed by atoms with Gasteiger partial charge in [-0.3, -0.25) is 29.6 Å². The molecule has 0 spiro atoms. The van der Waals surface area contributed by atoms with Gasteiger partial charge in [0.1, 0.15) is 0 Å². The van der Waals surface area contributed by atoms with Gasteiger partial charge in [0.2, 0.25) is 5.91 Å². The molecule has 1 aromatic rings. The molecule has 0 fully saturated rings. The van der Waals surface area contributed by atoms with Gasteiger partial charge in [0.25, 0.3) is 5.69 Å². The minimum Gasteiger partial charge on any atom is -0.480 e. The number of nitrogens with zero attached hydrogens (tertiary/aromatic N) is 3. The van der Waals surface area contributed by atoms with Gasteiger partial charge in [-0.25, -0.2) is 0 Å². The van der Waals surface area contributed by atoms with E-state index in [-0.39, 0.29) is 18.8 Å². The number of carboxylic acids is 1. The Balaban J connectivity index is 3.09. The summed E-state index contributed by atoms with van der Waals surface area (Å²) in [7, 11) is 0. The first kappa shape index (κ1) is 16.5. The van der Waals surface area contributed by atoms with Crippen molar-refractivity contribution in [3.63, 3.8) is 0 Å². The largest absolute Gasteiger partial charge is 0.480 e. The lowest BCUT2D eigenvalue weighted by atomic mass is 10.1. The minimum absolute atomic E-state index is 0.0117. The van der Waals surface area contributed by atoms with Gasteiger partial charge in [0.05, 0.1) is 23.7 Å². The Morgan fingerprint density at radius 2 is 2.05 bits per heavy atom. The van der Waals surface area contributed by atoms with Crippen LogP contribution in [0.5, 0.6) is 0 Å². The molecule has 114 valence electrons. The number of aryl methyl sites for hydroxylation is 1. The molecule has 0 saturated heterocycles. The summed E-state index contributed by atoms with van der Waals surface area (Å²) in [5.74, 6) is -1.81. The average Bonchev–Trinajstić information content (AvgIpc) is 2.30. The van der Waals surface area contributed by atoms with Gasteiger partial charge in [-0.1, -0.05) is 0 Å². The first-order valence-corrected chi connectivity index (χ1v) is 6.04. The molecule has 0 unspecified atom stereocenters. The number of hydrogen-bond acceptors (Lipinski definition) is 6. The molecule has 0 aliphatic heterocycles. The third-order valence-corrected chi connectivity index (χ3v) is 2.87. The second-order valence-electron chi connectivity index (χ2n) is 4.62. The summed E-state index contributed by atoms with van der Waals surface area (Å²) in [5.41, 5.74) is 6.11. The van der Waals surface area contributed by atoms with E-state index in [2.05, 4.69) is 4.98 Å². The van der Waals surface area contributed by atoms with Gasteiger partial charge in [-0.2, -0.15) is 0 Å².